The number of nitrogens with zero attached hydrogens (tertiary/aromatic N) is 5. The van der Waals surface area contributed by atoms with E-state index in [1.54, 1.807) is 10.8 Å². The van der Waals surface area contributed by atoms with Gasteiger partial charge in [0.25, 0.3) is 0 Å². The van der Waals surface area contributed by atoms with Gasteiger partial charge in [0.1, 0.15) is 13.1 Å². The summed E-state index contributed by atoms with van der Waals surface area (Å²) in [4.78, 5) is 29.9. The van der Waals surface area contributed by atoms with Gasteiger partial charge in [-0.3, -0.25) is 19.4 Å². The molecule has 9 nitrogen and oxygen atoms in total. The van der Waals surface area contributed by atoms with E-state index in [9.17, 15) is 9.59 Å². The zero-order valence-electron chi connectivity index (χ0n) is 26.2. The van der Waals surface area contributed by atoms with Gasteiger partial charge in [-0.25, -0.2) is 0 Å². The molecule has 232 valence electrons. The van der Waals surface area contributed by atoms with E-state index in [4.69, 9.17) is 5.11 Å². The van der Waals surface area contributed by atoms with Crippen LogP contribution in [0.3, 0.4) is 0 Å². The minimum Gasteiger partial charge on any atom is -0.480 e. The monoisotopic (exact) mass is 588 g/mol. The van der Waals surface area contributed by atoms with Crippen LogP contribution in [-0.2, 0) is 22.7 Å². The average molecular weight is 589 g/mol. The van der Waals surface area contributed by atoms with Gasteiger partial charge in [-0.05, 0) is 62.7 Å². The number of aliphatic carboxylic acids is 1. The van der Waals surface area contributed by atoms with Crippen molar-refractivity contribution < 1.29 is 14.7 Å². The first-order chi connectivity index (χ1) is 20.7. The lowest BCUT2D eigenvalue weighted by Gasteiger charge is -2.37. The second-order valence-electron chi connectivity index (χ2n) is 11.8. The Labute approximate surface area is 255 Å². The van der Waals surface area contributed by atoms with E-state index in [2.05, 4.69) is 61.0 Å². The third-order valence-corrected chi connectivity index (χ3v) is 8.25. The molecular weight excluding hydrogens is 540 g/mol. The average Bonchev–Trinajstić information content (AvgIpc) is 3.62. The summed E-state index contributed by atoms with van der Waals surface area (Å²) in [5, 5.41) is 14.2. The van der Waals surface area contributed by atoms with Gasteiger partial charge >= 0.3 is 5.97 Å². The Morgan fingerprint density at radius 1 is 0.674 bits per heavy atom. The third-order valence-electron chi connectivity index (χ3n) is 8.25. The molecule has 0 saturated carbocycles. The maximum Gasteiger partial charge on any atom is 0.323 e. The fraction of sp³-hybridized carbons (Fsp3) is 0.471. The number of piperazine rings is 2. The summed E-state index contributed by atoms with van der Waals surface area (Å²) in [6.45, 7) is 17.8. The highest BCUT2D eigenvalue weighted by Gasteiger charge is 2.22. The van der Waals surface area contributed by atoms with Gasteiger partial charge in [0, 0.05) is 87.9 Å². The molecule has 9 heteroatoms. The maximum atomic E-state index is 12.5. The van der Waals surface area contributed by atoms with Crippen molar-refractivity contribution in [3.8, 4) is 0 Å². The molecule has 2 aromatic heterocycles. The molecule has 2 aromatic carbocycles. The standard InChI is InChI=1S/C17H23N3O.C10H9NO2.C7H16N2/c1-14(2)18-9-11-19(12-10-18)17(21)13-20-8-7-15-5-3-4-6-16(15)20;12-10(13)7-11-6-5-8-3-1-2-4-9(8)11;1-7(2)9-5-3-8-4-6-9/h3-8,14H,9-13H2,1-2H3;1-6H,7H2,(H,12,13);7-8H,3-6H2,1-2H3. The second-order valence-corrected chi connectivity index (χ2v) is 11.8. The Kier molecular flexibility index (Phi) is 11.8. The topological polar surface area (TPSA) is 86.0 Å². The van der Waals surface area contributed by atoms with Gasteiger partial charge in [0.2, 0.25) is 5.91 Å². The van der Waals surface area contributed by atoms with Crippen molar-refractivity contribution in [2.24, 2.45) is 0 Å². The van der Waals surface area contributed by atoms with Gasteiger partial charge < -0.3 is 24.5 Å². The van der Waals surface area contributed by atoms with Crippen LogP contribution in [0.1, 0.15) is 27.7 Å². The molecule has 4 heterocycles. The zero-order valence-corrected chi connectivity index (χ0v) is 26.2. The summed E-state index contributed by atoms with van der Waals surface area (Å²) in [5.41, 5.74) is 2.09. The molecule has 2 saturated heterocycles. The number of carboxylic acids is 1. The molecule has 0 spiro atoms. The number of hydrogen-bond donors (Lipinski definition) is 2. The Morgan fingerprint density at radius 3 is 1.60 bits per heavy atom. The van der Waals surface area contributed by atoms with E-state index in [1.165, 1.54) is 18.5 Å². The molecule has 0 atom stereocenters. The molecule has 0 radical (unpaired) electrons. The number of benzene rings is 2. The number of rotatable bonds is 6. The summed E-state index contributed by atoms with van der Waals surface area (Å²) in [7, 11) is 0. The lowest BCUT2D eigenvalue weighted by molar-refractivity contribution is -0.137. The Bertz CT molecular complexity index is 1440. The maximum absolute atomic E-state index is 12.5. The lowest BCUT2D eigenvalue weighted by atomic mass is 10.2. The summed E-state index contributed by atoms with van der Waals surface area (Å²) < 4.78 is 3.77. The zero-order chi connectivity index (χ0) is 30.8. The van der Waals surface area contributed by atoms with Crippen LogP contribution in [0.2, 0.25) is 0 Å². The highest BCUT2D eigenvalue weighted by Crippen LogP contribution is 2.16. The van der Waals surface area contributed by atoms with Gasteiger partial charge in [0.05, 0.1) is 0 Å². The van der Waals surface area contributed by atoms with Crippen LogP contribution in [0.15, 0.2) is 73.1 Å². The SMILES string of the molecule is CC(C)N1CCN(C(=O)Cn2ccc3ccccc32)CC1.CC(C)N1CCNCC1.O=C(O)Cn1ccc2ccccc21. The van der Waals surface area contributed by atoms with Crippen LogP contribution in [0.5, 0.6) is 0 Å². The van der Waals surface area contributed by atoms with E-state index in [0.717, 1.165) is 61.7 Å². The Morgan fingerprint density at radius 2 is 1.14 bits per heavy atom. The summed E-state index contributed by atoms with van der Waals surface area (Å²) >= 11 is 0. The molecule has 0 unspecified atom stereocenters. The molecule has 2 aliphatic rings. The lowest BCUT2D eigenvalue weighted by Crippen LogP contribution is -2.51. The molecule has 0 aliphatic carbocycles. The number of fused-ring (bicyclic) bond motifs is 2. The minimum atomic E-state index is -0.818. The minimum absolute atomic E-state index is 0.0213. The van der Waals surface area contributed by atoms with Gasteiger partial charge in [-0.2, -0.15) is 0 Å². The molecule has 6 rings (SSSR count). The van der Waals surface area contributed by atoms with E-state index in [0.29, 0.717) is 12.6 Å². The largest absolute Gasteiger partial charge is 0.480 e. The van der Waals surface area contributed by atoms with Crippen LogP contribution < -0.4 is 5.32 Å². The predicted octanol–water partition coefficient (Wildman–Crippen LogP) is 4.22. The number of carboxylic acid groups (broad SMARTS) is 1. The number of carbonyl (C=O) groups excluding carboxylic acids is 1. The van der Waals surface area contributed by atoms with Gasteiger partial charge in [-0.1, -0.05) is 36.4 Å². The van der Waals surface area contributed by atoms with E-state index >= 15 is 0 Å². The van der Waals surface area contributed by atoms with E-state index in [1.807, 2.05) is 58.1 Å². The Hall–Kier alpha value is -3.66. The fourth-order valence-electron chi connectivity index (χ4n) is 5.63. The van der Waals surface area contributed by atoms with Crippen molar-refractivity contribution in [1.29, 1.82) is 0 Å². The number of aromatic nitrogens is 2. The molecule has 0 bridgehead atoms. The first-order valence-electron chi connectivity index (χ1n) is 15.5. The van der Waals surface area contributed by atoms with Crippen molar-refractivity contribution >= 4 is 33.7 Å². The van der Waals surface area contributed by atoms with Gasteiger partial charge in [-0.15, -0.1) is 0 Å². The van der Waals surface area contributed by atoms with Crippen LogP contribution in [0.25, 0.3) is 21.8 Å². The van der Waals surface area contributed by atoms with Crippen molar-refractivity contribution in [2.45, 2.75) is 52.9 Å². The number of nitrogens with one attached hydrogen (secondary N) is 1. The summed E-state index contributed by atoms with van der Waals surface area (Å²) in [5.74, 6) is -0.596. The highest BCUT2D eigenvalue weighted by atomic mass is 16.4. The number of para-hydroxylation sites is 2. The molecule has 2 aliphatic heterocycles. The number of hydrogen-bond acceptors (Lipinski definition) is 5. The first-order valence-corrected chi connectivity index (χ1v) is 15.5. The molecule has 43 heavy (non-hydrogen) atoms. The summed E-state index contributed by atoms with van der Waals surface area (Å²) in [6.07, 6.45) is 3.80. The molecular formula is C34H48N6O3. The van der Waals surface area contributed by atoms with Crippen LogP contribution in [0.4, 0.5) is 0 Å². The number of amides is 1. The summed E-state index contributed by atoms with van der Waals surface area (Å²) in [6, 6.07) is 21.2. The molecule has 1 amide bonds. The normalized spacial score (nSPS) is 16.2. The van der Waals surface area contributed by atoms with Crippen molar-refractivity contribution in [3.63, 3.8) is 0 Å². The predicted molar refractivity (Wildman–Crippen MR) is 174 cm³/mol. The Balaban J connectivity index is 0.000000163. The smallest absolute Gasteiger partial charge is 0.323 e. The van der Waals surface area contributed by atoms with E-state index in [-0.39, 0.29) is 12.5 Å². The fourth-order valence-corrected chi connectivity index (χ4v) is 5.63. The van der Waals surface area contributed by atoms with Gasteiger partial charge in [0.15, 0.2) is 0 Å². The molecule has 2 N–H and O–H groups in total. The van der Waals surface area contributed by atoms with Crippen molar-refractivity contribution in [3.05, 3.63) is 73.1 Å². The highest BCUT2D eigenvalue weighted by molar-refractivity contribution is 5.83. The van der Waals surface area contributed by atoms with Crippen LogP contribution >= 0.6 is 0 Å². The number of carbonyl (C=O) groups is 2. The second kappa shape index (κ2) is 15.7. The first kappa shape index (κ1) is 32.3. The third kappa shape index (κ3) is 9.16. The molecule has 2 fully saturated rings. The van der Waals surface area contributed by atoms with Crippen molar-refractivity contribution in [2.75, 3.05) is 52.4 Å². The van der Waals surface area contributed by atoms with E-state index < -0.39 is 5.97 Å². The molecule has 4 aromatic rings. The van der Waals surface area contributed by atoms with Crippen LogP contribution in [0, 0.1) is 0 Å². The van der Waals surface area contributed by atoms with Crippen LogP contribution in [-0.4, -0.2) is 105 Å². The van der Waals surface area contributed by atoms with Crippen molar-refractivity contribution in [1.82, 2.24) is 29.2 Å². The quantitative estimate of drug-likeness (QED) is 0.351.